The Kier molecular flexibility index (Phi) is 4.50. The van der Waals surface area contributed by atoms with E-state index in [-0.39, 0.29) is 16.5 Å². The number of hydrogen-bond donors (Lipinski definition) is 2. The molecule has 0 saturated heterocycles. The summed E-state index contributed by atoms with van der Waals surface area (Å²) in [6.45, 7) is 0. The van der Waals surface area contributed by atoms with Gasteiger partial charge in [0.1, 0.15) is 0 Å². The molecule has 0 aliphatic heterocycles. The first-order valence-electron chi connectivity index (χ1n) is 6.80. The lowest BCUT2D eigenvalue weighted by Gasteiger charge is -2.07. The second-order valence-electron chi connectivity index (χ2n) is 4.81. The van der Waals surface area contributed by atoms with Crippen molar-refractivity contribution in [3.05, 3.63) is 62.7 Å². The van der Waals surface area contributed by atoms with Crippen molar-refractivity contribution in [3.8, 4) is 0 Å². The lowest BCUT2D eigenvalue weighted by molar-refractivity contribution is -0.385. The van der Waals surface area contributed by atoms with Gasteiger partial charge in [-0.25, -0.2) is 4.98 Å². The van der Waals surface area contributed by atoms with Crippen molar-refractivity contribution in [1.29, 1.82) is 0 Å². The van der Waals surface area contributed by atoms with Gasteiger partial charge in [0, 0.05) is 30.0 Å². The van der Waals surface area contributed by atoms with Gasteiger partial charge in [-0.05, 0) is 30.4 Å². The van der Waals surface area contributed by atoms with E-state index in [0.717, 1.165) is 0 Å². The fourth-order valence-electron chi connectivity index (χ4n) is 2.01. The molecule has 0 saturated carbocycles. The maximum Gasteiger partial charge on any atom is 0.270 e. The van der Waals surface area contributed by atoms with Crippen LogP contribution in [0.25, 0.3) is 10.2 Å². The molecule has 0 unspecified atom stereocenters. The number of aromatic nitrogens is 1. The number of nitro groups is 2. The summed E-state index contributed by atoms with van der Waals surface area (Å²) in [6.07, 6.45) is 0. The van der Waals surface area contributed by atoms with E-state index < -0.39 is 9.85 Å². The summed E-state index contributed by atoms with van der Waals surface area (Å²) in [5.41, 5.74) is 1.18. The summed E-state index contributed by atoms with van der Waals surface area (Å²) < 4.78 is 0.662. The Morgan fingerprint density at radius 1 is 1.00 bits per heavy atom. The van der Waals surface area contributed by atoms with Gasteiger partial charge in [0.2, 0.25) is 0 Å². The summed E-state index contributed by atoms with van der Waals surface area (Å²) >= 11 is 6.41. The Balaban J connectivity index is 1.71. The lowest BCUT2D eigenvalue weighted by Crippen LogP contribution is -2.18. The average Bonchev–Trinajstić information content (AvgIpc) is 2.96. The molecule has 0 bridgehead atoms. The maximum absolute atomic E-state index is 10.8. The van der Waals surface area contributed by atoms with Gasteiger partial charge in [-0.1, -0.05) is 11.3 Å². The van der Waals surface area contributed by atoms with Crippen LogP contribution in [-0.2, 0) is 0 Å². The van der Waals surface area contributed by atoms with Crippen LogP contribution in [0.2, 0.25) is 0 Å². The van der Waals surface area contributed by atoms with Crippen LogP contribution in [0.1, 0.15) is 0 Å². The smallest absolute Gasteiger partial charge is 0.270 e. The topological polar surface area (TPSA) is 123 Å². The number of hydrogen-bond acceptors (Lipinski definition) is 7. The second kappa shape index (κ2) is 6.75. The summed E-state index contributed by atoms with van der Waals surface area (Å²) in [7, 11) is 0. The molecule has 9 nitrogen and oxygen atoms in total. The molecule has 0 spiro atoms. The molecule has 1 heterocycles. The zero-order chi connectivity index (χ0) is 18.0. The highest BCUT2D eigenvalue weighted by Gasteiger charge is 2.11. The molecular weight excluding hydrogens is 366 g/mol. The van der Waals surface area contributed by atoms with Crippen molar-refractivity contribution in [2.24, 2.45) is 0 Å². The van der Waals surface area contributed by atoms with Gasteiger partial charge in [0.25, 0.3) is 11.4 Å². The van der Waals surface area contributed by atoms with Gasteiger partial charge >= 0.3 is 0 Å². The highest BCUT2D eigenvalue weighted by molar-refractivity contribution is 7.80. The Hall–Kier alpha value is -3.18. The molecule has 25 heavy (non-hydrogen) atoms. The zero-order valence-corrected chi connectivity index (χ0v) is 14.0. The van der Waals surface area contributed by atoms with Crippen LogP contribution < -0.4 is 10.6 Å². The summed E-state index contributed by atoms with van der Waals surface area (Å²) in [4.78, 5) is 24.8. The summed E-state index contributed by atoms with van der Waals surface area (Å²) in [5.74, 6) is 0. The fraction of sp³-hybridized carbons (Fsp3) is 0. The summed E-state index contributed by atoms with van der Waals surface area (Å²) in [6, 6.07) is 10.2. The minimum absolute atomic E-state index is 0.00530. The van der Waals surface area contributed by atoms with Crippen LogP contribution >= 0.6 is 23.6 Å². The predicted molar refractivity (Wildman–Crippen MR) is 99.2 cm³/mol. The molecular formula is C14H9N5O4S2. The molecule has 0 radical (unpaired) electrons. The molecule has 2 aromatic carbocycles. The number of non-ortho nitro benzene ring substituents is 2. The quantitative estimate of drug-likeness (QED) is 0.399. The second-order valence-corrected chi connectivity index (χ2v) is 6.25. The Morgan fingerprint density at radius 2 is 1.64 bits per heavy atom. The van der Waals surface area contributed by atoms with Gasteiger partial charge in [-0.3, -0.25) is 20.2 Å². The van der Waals surface area contributed by atoms with Gasteiger partial charge in [-0.2, -0.15) is 0 Å². The molecule has 0 aliphatic carbocycles. The van der Waals surface area contributed by atoms with E-state index in [1.807, 2.05) is 0 Å². The van der Waals surface area contributed by atoms with Crippen LogP contribution in [-0.4, -0.2) is 19.9 Å². The van der Waals surface area contributed by atoms with E-state index in [2.05, 4.69) is 15.6 Å². The third-order valence-corrected chi connectivity index (χ3v) is 4.28. The minimum atomic E-state index is -0.485. The zero-order valence-electron chi connectivity index (χ0n) is 12.3. The molecule has 0 fully saturated rings. The number of nitrogens with one attached hydrogen (secondary N) is 2. The first kappa shape index (κ1) is 16.7. The number of nitro benzene ring substituents is 2. The normalized spacial score (nSPS) is 10.4. The van der Waals surface area contributed by atoms with Gasteiger partial charge in [0.05, 0.1) is 20.1 Å². The highest BCUT2D eigenvalue weighted by atomic mass is 32.1. The number of thiazole rings is 1. The lowest BCUT2D eigenvalue weighted by atomic mass is 10.3. The van der Waals surface area contributed by atoms with Crippen LogP contribution in [0.4, 0.5) is 22.2 Å². The van der Waals surface area contributed by atoms with Gasteiger partial charge < -0.3 is 10.6 Å². The van der Waals surface area contributed by atoms with Gasteiger partial charge in [0.15, 0.2) is 10.2 Å². The molecule has 3 aromatic rings. The monoisotopic (exact) mass is 375 g/mol. The van der Waals surface area contributed by atoms with Crippen LogP contribution in [0.5, 0.6) is 0 Å². The average molecular weight is 375 g/mol. The molecule has 0 atom stereocenters. The summed E-state index contributed by atoms with van der Waals surface area (Å²) in [5, 5.41) is 27.9. The molecule has 1 aromatic heterocycles. The molecule has 0 aliphatic rings. The van der Waals surface area contributed by atoms with Crippen LogP contribution in [0, 0.1) is 20.2 Å². The Labute approximate surface area is 149 Å². The van der Waals surface area contributed by atoms with Crippen LogP contribution in [0.15, 0.2) is 42.5 Å². The molecule has 11 heteroatoms. The van der Waals surface area contributed by atoms with Crippen molar-refractivity contribution in [2.45, 2.75) is 0 Å². The van der Waals surface area contributed by atoms with E-state index in [1.54, 1.807) is 6.07 Å². The highest BCUT2D eigenvalue weighted by Crippen LogP contribution is 2.29. The minimum Gasteiger partial charge on any atom is -0.332 e. The van der Waals surface area contributed by atoms with Crippen LogP contribution in [0.3, 0.4) is 0 Å². The number of anilines is 2. The van der Waals surface area contributed by atoms with Crippen molar-refractivity contribution >= 4 is 61.1 Å². The van der Waals surface area contributed by atoms with Gasteiger partial charge in [-0.15, -0.1) is 0 Å². The number of nitrogens with zero attached hydrogens (tertiary/aromatic N) is 3. The third-order valence-electron chi connectivity index (χ3n) is 3.14. The number of rotatable bonds is 4. The molecule has 0 amide bonds. The third kappa shape index (κ3) is 3.84. The first-order valence-corrected chi connectivity index (χ1v) is 8.02. The van der Waals surface area contributed by atoms with E-state index >= 15 is 0 Å². The van der Waals surface area contributed by atoms with Crippen molar-refractivity contribution < 1.29 is 9.85 Å². The number of fused-ring (bicyclic) bond motifs is 1. The number of benzene rings is 2. The SMILES string of the molecule is O=[N+]([O-])c1ccc(NC(=S)Nc2nc3ccc([N+](=O)[O-])cc3s2)cc1. The molecule has 2 N–H and O–H groups in total. The van der Waals surface area contributed by atoms with E-state index in [4.69, 9.17) is 12.2 Å². The number of thiocarbonyl (C=S) groups is 1. The van der Waals surface area contributed by atoms with Crippen molar-refractivity contribution in [2.75, 3.05) is 10.6 Å². The molecule has 3 rings (SSSR count). The van der Waals surface area contributed by atoms with Crippen molar-refractivity contribution in [3.63, 3.8) is 0 Å². The predicted octanol–water partition coefficient (Wildman–Crippen LogP) is 3.92. The van der Waals surface area contributed by atoms with E-state index in [9.17, 15) is 20.2 Å². The Bertz CT molecular complexity index is 987. The van der Waals surface area contributed by atoms with E-state index in [1.165, 1.54) is 47.7 Å². The van der Waals surface area contributed by atoms with E-state index in [0.29, 0.717) is 21.0 Å². The first-order chi connectivity index (χ1) is 11.9. The fourth-order valence-corrected chi connectivity index (χ4v) is 3.19. The maximum atomic E-state index is 10.8. The molecule has 126 valence electrons. The largest absolute Gasteiger partial charge is 0.332 e. The Morgan fingerprint density at radius 3 is 2.28 bits per heavy atom. The standard InChI is InChI=1S/C14H9N5O4S2/c20-18(21)9-3-1-8(2-4-9)15-13(24)17-14-16-11-6-5-10(19(22)23)7-12(11)25-14/h1-7H,(H2,15,16,17,24). The van der Waals surface area contributed by atoms with Crippen molar-refractivity contribution in [1.82, 2.24) is 4.98 Å².